The van der Waals surface area contributed by atoms with Crippen molar-refractivity contribution in [3.05, 3.63) is 24.0 Å². The van der Waals surface area contributed by atoms with Gasteiger partial charge in [-0.2, -0.15) is 5.26 Å². The molecule has 1 rings (SSSR count). The summed E-state index contributed by atoms with van der Waals surface area (Å²) in [5.74, 6) is 0. The molecule has 3 nitrogen and oxygen atoms in total. The minimum absolute atomic E-state index is 0.537. The third-order valence-electron chi connectivity index (χ3n) is 0.978. The molecule has 0 atom stereocenters. The summed E-state index contributed by atoms with van der Waals surface area (Å²) >= 11 is 1.08. The molecule has 0 radical (unpaired) electrons. The first-order valence-electron chi connectivity index (χ1n) is 3.58. The van der Waals surface area contributed by atoms with Crippen LogP contribution in [0, 0.1) is 11.3 Å². The number of aromatic nitrogens is 1. The summed E-state index contributed by atoms with van der Waals surface area (Å²) in [5.41, 5.74) is 0.537. The predicted octanol–water partition coefficient (Wildman–Crippen LogP) is 1.95. The molecule has 0 aliphatic rings. The Labute approximate surface area is 76.7 Å². The van der Waals surface area contributed by atoms with Crippen LogP contribution in [0.25, 0.3) is 0 Å². The molecule has 1 heterocycles. The molecule has 0 aromatic carbocycles. The Balaban J connectivity index is 0.000000561. The molecule has 0 aliphatic carbocycles. The number of pyridine rings is 1. The Morgan fingerprint density at radius 3 is 2.67 bits per heavy atom. The maximum absolute atomic E-state index is 8.42. The first-order chi connectivity index (χ1) is 5.86. The largest absolute Gasteiger partial charge is 0.274 e. The van der Waals surface area contributed by atoms with Crippen LogP contribution in [0.3, 0.4) is 0 Å². The third-order valence-corrected chi connectivity index (χ3v) is 1.47. The predicted molar refractivity (Wildman–Crippen MR) is 50.3 cm³/mol. The van der Waals surface area contributed by atoms with Gasteiger partial charge in [0, 0.05) is 17.3 Å². The molecule has 1 aromatic heterocycles. The second-order valence-corrected chi connectivity index (χ2v) is 2.35. The van der Waals surface area contributed by atoms with Crippen LogP contribution in [0.5, 0.6) is 0 Å². The van der Waals surface area contributed by atoms with Crippen molar-refractivity contribution in [1.29, 1.82) is 5.26 Å². The van der Waals surface area contributed by atoms with E-state index in [0.717, 1.165) is 16.8 Å². The number of hydrogen-bond acceptors (Lipinski definition) is 4. The normalized spacial score (nSPS) is 7.83. The Bertz CT molecular complexity index is 267. The van der Waals surface area contributed by atoms with Gasteiger partial charge in [-0.3, -0.25) is 10.1 Å². The van der Waals surface area contributed by atoms with Gasteiger partial charge >= 0.3 is 0 Å². The lowest BCUT2D eigenvalue weighted by Gasteiger charge is -1.92. The summed E-state index contributed by atoms with van der Waals surface area (Å²) in [6.07, 6.45) is 3.12. The average molecular weight is 181 g/mol. The van der Waals surface area contributed by atoms with E-state index in [1.807, 2.05) is 19.9 Å². The number of nitriles is 1. The van der Waals surface area contributed by atoms with Crippen LogP contribution < -0.4 is 5.14 Å². The molecular formula is C8H11N3S. The number of nitrogens with two attached hydrogens (primary N) is 1. The fraction of sp³-hybridized carbons (Fsp3) is 0.250. The number of rotatable bonds is 1. The van der Waals surface area contributed by atoms with E-state index >= 15 is 0 Å². The fourth-order valence-electron chi connectivity index (χ4n) is 0.544. The van der Waals surface area contributed by atoms with E-state index in [-0.39, 0.29) is 0 Å². The SMILES string of the molecule is CC.N#Cc1cncc(SN)c1. The monoisotopic (exact) mass is 181 g/mol. The summed E-state index contributed by atoms with van der Waals surface area (Å²) in [5, 5.41) is 13.7. The van der Waals surface area contributed by atoms with Crippen molar-refractivity contribution in [3.63, 3.8) is 0 Å². The smallest absolute Gasteiger partial charge is 0.101 e. The molecule has 0 fully saturated rings. The molecule has 0 saturated carbocycles. The summed E-state index contributed by atoms with van der Waals surface area (Å²) in [6, 6.07) is 3.66. The molecule has 12 heavy (non-hydrogen) atoms. The van der Waals surface area contributed by atoms with Crippen LogP contribution in [0.15, 0.2) is 23.4 Å². The van der Waals surface area contributed by atoms with Crippen molar-refractivity contribution in [1.82, 2.24) is 4.98 Å². The Morgan fingerprint density at radius 2 is 2.17 bits per heavy atom. The van der Waals surface area contributed by atoms with E-state index in [2.05, 4.69) is 4.98 Å². The van der Waals surface area contributed by atoms with Crippen molar-refractivity contribution in [2.24, 2.45) is 5.14 Å². The lowest BCUT2D eigenvalue weighted by atomic mass is 10.3. The highest BCUT2D eigenvalue weighted by molar-refractivity contribution is 7.97. The van der Waals surface area contributed by atoms with Crippen molar-refractivity contribution in [2.75, 3.05) is 0 Å². The van der Waals surface area contributed by atoms with Gasteiger partial charge in [0.25, 0.3) is 0 Å². The second kappa shape index (κ2) is 6.65. The first kappa shape index (κ1) is 11.0. The molecule has 64 valence electrons. The molecule has 0 amide bonds. The van der Waals surface area contributed by atoms with E-state index in [1.54, 1.807) is 12.3 Å². The van der Waals surface area contributed by atoms with Crippen LogP contribution >= 0.6 is 11.9 Å². The van der Waals surface area contributed by atoms with Crippen molar-refractivity contribution < 1.29 is 0 Å². The van der Waals surface area contributed by atoms with Gasteiger partial charge in [-0.05, 0) is 18.0 Å². The molecule has 4 heteroatoms. The van der Waals surface area contributed by atoms with Crippen LogP contribution in [-0.2, 0) is 0 Å². The van der Waals surface area contributed by atoms with Crippen molar-refractivity contribution >= 4 is 11.9 Å². The quantitative estimate of drug-likeness (QED) is 0.672. The first-order valence-corrected chi connectivity index (χ1v) is 4.46. The van der Waals surface area contributed by atoms with E-state index in [4.69, 9.17) is 10.4 Å². The minimum Gasteiger partial charge on any atom is -0.274 e. The Morgan fingerprint density at radius 1 is 1.50 bits per heavy atom. The van der Waals surface area contributed by atoms with Gasteiger partial charge in [0.1, 0.15) is 6.07 Å². The highest BCUT2D eigenvalue weighted by Crippen LogP contribution is 2.10. The molecule has 0 unspecified atom stereocenters. The summed E-state index contributed by atoms with van der Waals surface area (Å²) in [4.78, 5) is 4.61. The average Bonchev–Trinajstić information content (AvgIpc) is 2.21. The van der Waals surface area contributed by atoms with Gasteiger partial charge in [0.2, 0.25) is 0 Å². The van der Waals surface area contributed by atoms with Gasteiger partial charge < -0.3 is 0 Å². The van der Waals surface area contributed by atoms with Crippen LogP contribution in [-0.4, -0.2) is 4.98 Å². The van der Waals surface area contributed by atoms with E-state index in [0.29, 0.717) is 5.56 Å². The zero-order valence-electron chi connectivity index (χ0n) is 7.11. The molecule has 0 spiro atoms. The fourth-order valence-corrected chi connectivity index (χ4v) is 0.861. The van der Waals surface area contributed by atoms with Gasteiger partial charge in [0.05, 0.1) is 5.56 Å². The van der Waals surface area contributed by atoms with E-state index < -0.39 is 0 Å². The topological polar surface area (TPSA) is 62.7 Å². The van der Waals surface area contributed by atoms with Gasteiger partial charge in [-0.1, -0.05) is 13.8 Å². The summed E-state index contributed by atoms with van der Waals surface area (Å²) < 4.78 is 0. The van der Waals surface area contributed by atoms with Crippen LogP contribution in [0.2, 0.25) is 0 Å². The summed E-state index contributed by atoms with van der Waals surface area (Å²) in [7, 11) is 0. The lowest BCUT2D eigenvalue weighted by Crippen LogP contribution is -1.83. The lowest BCUT2D eigenvalue weighted by molar-refractivity contribution is 1.22. The van der Waals surface area contributed by atoms with Crippen molar-refractivity contribution in [3.8, 4) is 6.07 Å². The van der Waals surface area contributed by atoms with E-state index in [9.17, 15) is 0 Å². The van der Waals surface area contributed by atoms with Gasteiger partial charge in [0.15, 0.2) is 0 Å². The molecule has 2 N–H and O–H groups in total. The molecular weight excluding hydrogens is 170 g/mol. The zero-order chi connectivity index (χ0) is 9.40. The van der Waals surface area contributed by atoms with Crippen molar-refractivity contribution in [2.45, 2.75) is 18.7 Å². The van der Waals surface area contributed by atoms with Gasteiger partial charge in [-0.25, -0.2) is 0 Å². The zero-order valence-corrected chi connectivity index (χ0v) is 7.93. The highest BCUT2D eigenvalue weighted by Gasteiger charge is 1.92. The van der Waals surface area contributed by atoms with Crippen LogP contribution in [0.4, 0.5) is 0 Å². The minimum atomic E-state index is 0.537. The maximum Gasteiger partial charge on any atom is 0.101 e. The number of nitrogens with zero attached hydrogens (tertiary/aromatic N) is 2. The third kappa shape index (κ3) is 3.37. The molecule has 0 aliphatic heterocycles. The molecule has 0 saturated heterocycles. The molecule has 1 aromatic rings. The maximum atomic E-state index is 8.42. The van der Waals surface area contributed by atoms with Gasteiger partial charge in [-0.15, -0.1) is 0 Å². The standard InChI is InChI=1S/C6H5N3S.C2H6/c7-2-5-1-6(10-8)4-9-3-5;1-2/h1,3-4H,8H2;1-2H3. The van der Waals surface area contributed by atoms with E-state index in [1.165, 1.54) is 6.20 Å². The second-order valence-electron chi connectivity index (χ2n) is 1.64. The number of hydrogen-bond donors (Lipinski definition) is 1. The Kier molecular flexibility index (Phi) is 6.07. The highest BCUT2D eigenvalue weighted by atomic mass is 32.2. The van der Waals surface area contributed by atoms with Crippen LogP contribution in [0.1, 0.15) is 19.4 Å². The molecule has 0 bridgehead atoms. The summed E-state index contributed by atoms with van der Waals surface area (Å²) in [6.45, 7) is 4.00. The Hall–Kier alpha value is -1.05.